The number of rotatable bonds is 12. The van der Waals surface area contributed by atoms with Crippen LogP contribution in [0.25, 0.3) is 44.2 Å². The topological polar surface area (TPSA) is 202 Å². The standard InChI is InChI=1S/C50H56N8O9/c1-26-17-40(58(27(26)2)48(60)42(28(3)64-5)55-49(61)65-6)45-51-22-38(53-45)32-13-15-34-33(19-32)25-67-41-21-35-31(20-36(34)41)14-16-37-44(35)54-46(52-37)39-18-29(24-63-4)23-57(39)47(59)43(56-50(62)66-7)30-11-9-8-10-12-30/h8-16,19-22,26-29,39-40,42-43H,17-18,23-25H2,1-7H3,(H,51,53)(H,52,54)(H,55,61)(H,56,62)/t26-,27-,28-,29+,39+,40+,42+,43-/m1/s1. The molecule has 2 saturated heterocycles. The third-order valence-corrected chi connectivity index (χ3v) is 13.8. The number of ether oxygens (including phenoxy) is 5. The lowest BCUT2D eigenvalue weighted by molar-refractivity contribution is -0.139. The zero-order valence-corrected chi connectivity index (χ0v) is 38.6. The van der Waals surface area contributed by atoms with E-state index >= 15 is 0 Å². The summed E-state index contributed by atoms with van der Waals surface area (Å²) in [7, 11) is 5.69. The molecule has 0 saturated carbocycles. The predicted molar refractivity (Wildman–Crippen MR) is 249 cm³/mol. The predicted octanol–water partition coefficient (Wildman–Crippen LogP) is 7.36. The lowest BCUT2D eigenvalue weighted by atomic mass is 9.92. The first-order chi connectivity index (χ1) is 32.4. The summed E-state index contributed by atoms with van der Waals surface area (Å²) in [4.78, 5) is 73.9. The van der Waals surface area contributed by atoms with Gasteiger partial charge in [0.2, 0.25) is 5.91 Å². The van der Waals surface area contributed by atoms with Crippen molar-refractivity contribution in [3.8, 4) is 28.1 Å². The second-order valence-corrected chi connectivity index (χ2v) is 17.8. The number of alkyl carbamates (subject to hydrolysis) is 2. The fourth-order valence-corrected chi connectivity index (χ4v) is 10.0. The molecule has 5 heterocycles. The van der Waals surface area contributed by atoms with Crippen LogP contribution in [0.3, 0.4) is 0 Å². The quantitative estimate of drug-likeness (QED) is 0.0956. The molecule has 3 aliphatic heterocycles. The molecular formula is C50H56N8O9. The average molecular weight is 913 g/mol. The Bertz CT molecular complexity index is 2830. The van der Waals surface area contributed by atoms with Gasteiger partial charge < -0.3 is 54.1 Å². The average Bonchev–Trinajstić information content (AvgIpc) is 4.17. The van der Waals surface area contributed by atoms with Crippen LogP contribution in [0.2, 0.25) is 0 Å². The highest BCUT2D eigenvalue weighted by Crippen LogP contribution is 2.45. The van der Waals surface area contributed by atoms with E-state index < -0.39 is 36.4 Å². The number of methoxy groups -OCH3 is 4. The summed E-state index contributed by atoms with van der Waals surface area (Å²) in [6.07, 6.45) is 1.11. The van der Waals surface area contributed by atoms with E-state index in [1.165, 1.54) is 21.3 Å². The van der Waals surface area contributed by atoms with Crippen molar-refractivity contribution in [3.63, 3.8) is 0 Å². The largest absolute Gasteiger partial charge is 0.488 e. The monoisotopic (exact) mass is 912 g/mol. The van der Waals surface area contributed by atoms with Crippen LogP contribution in [0.5, 0.6) is 5.75 Å². The molecule has 350 valence electrons. The Hall–Kier alpha value is -6.98. The van der Waals surface area contributed by atoms with Gasteiger partial charge in [0, 0.05) is 43.7 Å². The van der Waals surface area contributed by atoms with Crippen molar-refractivity contribution < 1.29 is 42.9 Å². The SMILES string of the molecule is COC[C@H]1C[C@@H](c2nc3c(ccc4cc5c(cc43)OCc3cc(-c4cnc([C@@H]6C[C@@H](C)[C@@H](C)N6C(=O)[C@@H](NC(=O)OC)[C@@H](C)OC)[nH]4)ccc3-5)[nH]2)N(C(=O)[C@H](NC(=O)OC)c2ccccc2)C1. The molecule has 4 aromatic carbocycles. The number of nitrogens with zero attached hydrogens (tertiary/aromatic N) is 4. The summed E-state index contributed by atoms with van der Waals surface area (Å²) in [6.45, 7) is 7.11. The van der Waals surface area contributed by atoms with Crippen molar-refractivity contribution in [2.75, 3.05) is 41.6 Å². The van der Waals surface area contributed by atoms with Gasteiger partial charge in [-0.05, 0) is 84.5 Å². The van der Waals surface area contributed by atoms with Gasteiger partial charge in [-0.3, -0.25) is 9.59 Å². The number of carbonyl (C=O) groups is 4. The van der Waals surface area contributed by atoms with Gasteiger partial charge in [-0.25, -0.2) is 19.6 Å². The van der Waals surface area contributed by atoms with Gasteiger partial charge in [-0.2, -0.15) is 0 Å². The molecule has 9 rings (SSSR count). The molecule has 4 N–H and O–H groups in total. The molecule has 2 fully saturated rings. The minimum atomic E-state index is -0.960. The Kier molecular flexibility index (Phi) is 12.6. The molecular weight excluding hydrogens is 857 g/mol. The molecule has 6 aromatic rings. The van der Waals surface area contributed by atoms with E-state index in [9.17, 15) is 19.2 Å². The number of fused-ring (bicyclic) bond motifs is 6. The maximum atomic E-state index is 14.4. The van der Waals surface area contributed by atoms with E-state index in [4.69, 9.17) is 33.7 Å². The first-order valence-electron chi connectivity index (χ1n) is 22.6. The van der Waals surface area contributed by atoms with E-state index in [0.29, 0.717) is 49.8 Å². The number of benzene rings is 4. The molecule has 0 spiro atoms. The number of nitrogens with one attached hydrogen (secondary N) is 4. The zero-order chi connectivity index (χ0) is 47.1. The number of H-pyrrole nitrogens is 2. The van der Waals surface area contributed by atoms with E-state index in [1.807, 2.05) is 49.4 Å². The smallest absolute Gasteiger partial charge is 0.407 e. The van der Waals surface area contributed by atoms with Crippen LogP contribution in [0, 0.1) is 11.8 Å². The second-order valence-electron chi connectivity index (χ2n) is 17.8. The number of likely N-dealkylation sites (tertiary alicyclic amines) is 2. The van der Waals surface area contributed by atoms with Gasteiger partial charge in [0.15, 0.2) is 0 Å². The highest BCUT2D eigenvalue weighted by Gasteiger charge is 2.45. The summed E-state index contributed by atoms with van der Waals surface area (Å²) in [6, 6.07) is 20.9. The van der Waals surface area contributed by atoms with Crippen molar-refractivity contribution in [2.45, 2.75) is 76.5 Å². The molecule has 0 radical (unpaired) electrons. The fraction of sp³-hybridized carbons (Fsp3) is 0.400. The van der Waals surface area contributed by atoms with Gasteiger partial charge in [0.05, 0.1) is 61.9 Å². The molecule has 67 heavy (non-hydrogen) atoms. The lowest BCUT2D eigenvalue weighted by Gasteiger charge is -2.33. The summed E-state index contributed by atoms with van der Waals surface area (Å²) < 4.78 is 27.2. The number of carbonyl (C=O) groups excluding carboxylic acids is 4. The van der Waals surface area contributed by atoms with Crippen molar-refractivity contribution in [3.05, 3.63) is 102 Å². The first-order valence-corrected chi connectivity index (χ1v) is 22.6. The summed E-state index contributed by atoms with van der Waals surface area (Å²) in [5.74, 6) is 1.75. The molecule has 4 amide bonds. The molecule has 0 bridgehead atoms. The minimum Gasteiger partial charge on any atom is -0.488 e. The zero-order valence-electron chi connectivity index (χ0n) is 38.6. The maximum Gasteiger partial charge on any atom is 0.407 e. The first kappa shape index (κ1) is 45.2. The number of hydrogen-bond acceptors (Lipinski definition) is 11. The van der Waals surface area contributed by atoms with Crippen LogP contribution in [0.1, 0.15) is 74.5 Å². The van der Waals surface area contributed by atoms with Gasteiger partial charge >= 0.3 is 12.2 Å². The number of imidazole rings is 2. The number of aromatic amines is 2. The summed E-state index contributed by atoms with van der Waals surface area (Å²) in [5, 5.41) is 7.31. The van der Waals surface area contributed by atoms with E-state index in [2.05, 4.69) is 57.9 Å². The fourth-order valence-electron chi connectivity index (χ4n) is 10.0. The normalized spacial score (nSPS) is 21.3. The van der Waals surface area contributed by atoms with E-state index in [-0.39, 0.29) is 35.7 Å². The van der Waals surface area contributed by atoms with E-state index in [0.717, 1.165) is 55.5 Å². The van der Waals surface area contributed by atoms with Crippen LogP contribution in [-0.2, 0) is 35.1 Å². The third-order valence-electron chi connectivity index (χ3n) is 13.8. The Morgan fingerprint density at radius 3 is 2.37 bits per heavy atom. The summed E-state index contributed by atoms with van der Waals surface area (Å²) >= 11 is 0. The second kappa shape index (κ2) is 18.7. The molecule has 17 nitrogen and oxygen atoms in total. The Labute approximate surface area is 387 Å². The molecule has 8 atom stereocenters. The maximum absolute atomic E-state index is 14.4. The number of hydrogen-bond donors (Lipinski definition) is 4. The number of aromatic nitrogens is 4. The van der Waals surface area contributed by atoms with Crippen molar-refractivity contribution in [1.82, 2.24) is 40.4 Å². The molecule has 0 unspecified atom stereocenters. The van der Waals surface area contributed by atoms with E-state index in [1.54, 1.807) is 30.0 Å². The van der Waals surface area contributed by atoms with Gasteiger partial charge in [-0.15, -0.1) is 0 Å². The van der Waals surface area contributed by atoms with Crippen molar-refractivity contribution in [1.29, 1.82) is 0 Å². The lowest BCUT2D eigenvalue weighted by Crippen LogP contribution is -2.55. The van der Waals surface area contributed by atoms with Crippen LogP contribution in [0.4, 0.5) is 9.59 Å². The Morgan fingerprint density at radius 2 is 1.63 bits per heavy atom. The molecule has 0 aliphatic carbocycles. The molecule has 2 aromatic heterocycles. The highest BCUT2D eigenvalue weighted by atomic mass is 16.5. The molecule has 17 heteroatoms. The van der Waals surface area contributed by atoms with Gasteiger partial charge in [0.25, 0.3) is 5.91 Å². The van der Waals surface area contributed by atoms with Crippen LogP contribution in [-0.4, -0.2) is 114 Å². The number of amides is 4. The minimum absolute atomic E-state index is 0.0530. The highest BCUT2D eigenvalue weighted by molar-refractivity contribution is 6.07. The van der Waals surface area contributed by atoms with Crippen LogP contribution in [0.15, 0.2) is 79.0 Å². The van der Waals surface area contributed by atoms with Gasteiger partial charge in [-0.1, -0.05) is 55.5 Å². The molecule has 3 aliphatic rings. The van der Waals surface area contributed by atoms with Gasteiger partial charge in [0.1, 0.15) is 36.1 Å². The van der Waals surface area contributed by atoms with Crippen LogP contribution < -0.4 is 15.4 Å². The van der Waals surface area contributed by atoms with Crippen molar-refractivity contribution >= 4 is 45.8 Å². The Balaban J connectivity index is 0.985. The van der Waals surface area contributed by atoms with Crippen LogP contribution >= 0.6 is 0 Å². The summed E-state index contributed by atoms with van der Waals surface area (Å²) in [5.41, 5.74) is 7.00. The van der Waals surface area contributed by atoms with Crippen molar-refractivity contribution in [2.24, 2.45) is 11.8 Å². The third kappa shape index (κ3) is 8.53. The Morgan fingerprint density at radius 1 is 0.851 bits per heavy atom.